The quantitative estimate of drug-likeness (QED) is 0.475. The Bertz CT molecular complexity index is 857. The maximum absolute atomic E-state index is 11.6. The lowest BCUT2D eigenvalue weighted by Gasteiger charge is -2.16. The highest BCUT2D eigenvalue weighted by Gasteiger charge is 2.15. The van der Waals surface area contributed by atoms with Crippen molar-refractivity contribution in [2.75, 3.05) is 0 Å². The van der Waals surface area contributed by atoms with E-state index in [1.807, 2.05) is 18.2 Å². The fourth-order valence-electron chi connectivity index (χ4n) is 3.15. The monoisotopic (exact) mass is 332 g/mol. The van der Waals surface area contributed by atoms with E-state index in [0.717, 1.165) is 41.0 Å². The van der Waals surface area contributed by atoms with Crippen molar-refractivity contribution in [3.05, 3.63) is 77.4 Å². The minimum absolute atomic E-state index is 0.840. The number of benzene rings is 3. The number of aldehydes is 1. The zero-order valence-corrected chi connectivity index (χ0v) is 15.7. The van der Waals surface area contributed by atoms with Crippen molar-refractivity contribution in [1.82, 2.24) is 0 Å². The van der Waals surface area contributed by atoms with Gasteiger partial charge in [0.05, 0.1) is 8.07 Å². The lowest BCUT2D eigenvalue weighted by Crippen LogP contribution is -2.37. The van der Waals surface area contributed by atoms with Gasteiger partial charge in [-0.1, -0.05) is 85.5 Å². The van der Waals surface area contributed by atoms with E-state index in [2.05, 4.69) is 62.1 Å². The summed E-state index contributed by atoms with van der Waals surface area (Å²) >= 11 is 0. The van der Waals surface area contributed by atoms with Gasteiger partial charge in [-0.05, 0) is 34.7 Å². The zero-order valence-electron chi connectivity index (χ0n) is 14.7. The fraction of sp³-hybridized carbons (Fsp3) is 0.227. The van der Waals surface area contributed by atoms with Gasteiger partial charge < -0.3 is 0 Å². The zero-order chi connectivity index (χ0) is 17.2. The van der Waals surface area contributed by atoms with Crippen LogP contribution in [-0.2, 0) is 12.8 Å². The summed E-state index contributed by atoms with van der Waals surface area (Å²) in [4.78, 5) is 11.6. The maximum Gasteiger partial charge on any atom is 0.150 e. The van der Waals surface area contributed by atoms with Gasteiger partial charge in [0.2, 0.25) is 0 Å². The molecule has 3 aromatic carbocycles. The topological polar surface area (TPSA) is 17.1 Å². The van der Waals surface area contributed by atoms with Crippen LogP contribution in [0.25, 0.3) is 10.8 Å². The number of fused-ring (bicyclic) bond motifs is 1. The van der Waals surface area contributed by atoms with E-state index < -0.39 is 8.07 Å². The van der Waals surface area contributed by atoms with E-state index in [-0.39, 0.29) is 0 Å². The molecule has 0 saturated carbocycles. The lowest BCUT2D eigenvalue weighted by atomic mass is 9.95. The minimum atomic E-state index is -1.23. The molecule has 0 fully saturated rings. The van der Waals surface area contributed by atoms with Crippen LogP contribution in [0.1, 0.15) is 21.5 Å². The van der Waals surface area contributed by atoms with Gasteiger partial charge in [-0.25, -0.2) is 0 Å². The Hall–Kier alpha value is -2.19. The third-order valence-corrected chi connectivity index (χ3v) is 6.75. The van der Waals surface area contributed by atoms with Crippen LogP contribution in [-0.4, -0.2) is 14.4 Å². The smallest absolute Gasteiger partial charge is 0.150 e. The van der Waals surface area contributed by atoms with Crippen molar-refractivity contribution < 1.29 is 4.79 Å². The first-order valence-electron chi connectivity index (χ1n) is 8.54. The summed E-state index contributed by atoms with van der Waals surface area (Å²) in [7, 11) is -1.23. The van der Waals surface area contributed by atoms with Gasteiger partial charge in [0.1, 0.15) is 0 Å². The third kappa shape index (κ3) is 3.49. The average molecular weight is 333 g/mol. The Morgan fingerprint density at radius 1 is 0.833 bits per heavy atom. The Balaban J connectivity index is 1.82. The van der Waals surface area contributed by atoms with Crippen molar-refractivity contribution in [3.63, 3.8) is 0 Å². The molecule has 0 unspecified atom stereocenters. The molecule has 2 heteroatoms. The first kappa shape index (κ1) is 16.7. The highest BCUT2D eigenvalue weighted by Crippen LogP contribution is 2.22. The normalized spacial score (nSPS) is 11.6. The number of rotatable bonds is 5. The molecule has 0 aromatic heterocycles. The fourth-order valence-corrected chi connectivity index (χ4v) is 4.32. The number of carbonyl (C=O) groups is 1. The molecular weight excluding hydrogens is 308 g/mol. The average Bonchev–Trinajstić information content (AvgIpc) is 2.59. The molecule has 0 aliphatic carbocycles. The number of hydrogen-bond acceptors (Lipinski definition) is 1. The molecule has 24 heavy (non-hydrogen) atoms. The second-order valence-corrected chi connectivity index (χ2v) is 12.5. The summed E-state index contributed by atoms with van der Waals surface area (Å²) in [6.07, 6.45) is 2.86. The Morgan fingerprint density at radius 3 is 2.21 bits per heavy atom. The summed E-state index contributed by atoms with van der Waals surface area (Å²) < 4.78 is 0. The van der Waals surface area contributed by atoms with Crippen LogP contribution in [0.15, 0.2) is 60.7 Å². The maximum atomic E-state index is 11.6. The van der Waals surface area contributed by atoms with E-state index in [4.69, 9.17) is 0 Å². The molecule has 0 spiro atoms. The Morgan fingerprint density at radius 2 is 1.54 bits per heavy atom. The van der Waals surface area contributed by atoms with E-state index in [0.29, 0.717) is 0 Å². The third-order valence-electron chi connectivity index (χ3n) is 4.68. The molecule has 3 aromatic rings. The largest absolute Gasteiger partial charge is 0.298 e. The summed E-state index contributed by atoms with van der Waals surface area (Å²) in [5.41, 5.74) is 3.31. The first-order chi connectivity index (χ1) is 11.5. The van der Waals surface area contributed by atoms with Crippen LogP contribution < -0.4 is 5.19 Å². The molecule has 0 atom stereocenters. The summed E-state index contributed by atoms with van der Waals surface area (Å²) in [5.74, 6) is 0. The molecule has 1 nitrogen and oxygen atoms in total. The second kappa shape index (κ2) is 6.74. The van der Waals surface area contributed by atoms with Gasteiger partial charge in [0.25, 0.3) is 0 Å². The molecule has 122 valence electrons. The van der Waals surface area contributed by atoms with Crippen LogP contribution in [0.5, 0.6) is 0 Å². The molecule has 0 saturated heterocycles. The van der Waals surface area contributed by atoms with Crippen molar-refractivity contribution in [2.24, 2.45) is 0 Å². The van der Waals surface area contributed by atoms with Gasteiger partial charge in [-0.3, -0.25) is 4.79 Å². The summed E-state index contributed by atoms with van der Waals surface area (Å²) in [6, 6.07) is 21.4. The molecule has 3 rings (SSSR count). The standard InChI is InChI=1S/C22H24OSi/c1-24(2,3)20-14-9-17(10-15-20)8-11-19-13-12-18-6-4-5-7-21(18)22(19)16-23/h4-7,9-10,12-16H,8,11H2,1-3H3. The van der Waals surface area contributed by atoms with Gasteiger partial charge in [-0.15, -0.1) is 0 Å². The van der Waals surface area contributed by atoms with Crippen LogP contribution in [0, 0.1) is 0 Å². The molecule has 0 aliphatic rings. The van der Waals surface area contributed by atoms with Crippen molar-refractivity contribution in [3.8, 4) is 0 Å². The first-order valence-corrected chi connectivity index (χ1v) is 12.0. The highest BCUT2D eigenvalue weighted by atomic mass is 28.3. The Labute approximate surface area is 145 Å². The van der Waals surface area contributed by atoms with Crippen LogP contribution in [0.3, 0.4) is 0 Å². The van der Waals surface area contributed by atoms with Crippen LogP contribution >= 0.6 is 0 Å². The van der Waals surface area contributed by atoms with Crippen molar-refractivity contribution in [2.45, 2.75) is 32.5 Å². The molecule has 0 N–H and O–H groups in total. The van der Waals surface area contributed by atoms with Gasteiger partial charge >= 0.3 is 0 Å². The molecular formula is C22H24OSi. The lowest BCUT2D eigenvalue weighted by molar-refractivity contribution is 0.112. The molecule has 0 aliphatic heterocycles. The number of hydrogen-bond donors (Lipinski definition) is 0. The second-order valence-electron chi connectivity index (χ2n) is 7.42. The number of aryl methyl sites for hydroxylation is 2. The Kier molecular flexibility index (Phi) is 4.68. The van der Waals surface area contributed by atoms with E-state index in [1.54, 1.807) is 0 Å². The van der Waals surface area contributed by atoms with Crippen LogP contribution in [0.4, 0.5) is 0 Å². The molecule has 0 bridgehead atoms. The number of carbonyl (C=O) groups excluding carboxylic acids is 1. The van der Waals surface area contributed by atoms with Gasteiger partial charge in [0, 0.05) is 5.56 Å². The van der Waals surface area contributed by atoms with E-state index in [9.17, 15) is 4.79 Å². The van der Waals surface area contributed by atoms with Crippen molar-refractivity contribution >= 4 is 30.3 Å². The van der Waals surface area contributed by atoms with Gasteiger partial charge in [-0.2, -0.15) is 0 Å². The van der Waals surface area contributed by atoms with Crippen LogP contribution in [0.2, 0.25) is 19.6 Å². The molecule has 0 radical (unpaired) electrons. The van der Waals surface area contributed by atoms with Gasteiger partial charge in [0.15, 0.2) is 6.29 Å². The van der Waals surface area contributed by atoms with E-state index >= 15 is 0 Å². The summed E-state index contributed by atoms with van der Waals surface area (Å²) in [5, 5.41) is 3.67. The highest BCUT2D eigenvalue weighted by molar-refractivity contribution is 6.88. The molecule has 0 heterocycles. The summed E-state index contributed by atoms with van der Waals surface area (Å²) in [6.45, 7) is 7.11. The SMILES string of the molecule is C[Si](C)(C)c1ccc(CCc2ccc3ccccc3c2C=O)cc1. The predicted molar refractivity (Wildman–Crippen MR) is 106 cm³/mol. The predicted octanol–water partition coefficient (Wildman–Crippen LogP) is 4.98. The van der Waals surface area contributed by atoms with Crippen molar-refractivity contribution in [1.29, 1.82) is 0 Å². The minimum Gasteiger partial charge on any atom is -0.298 e. The molecule has 0 amide bonds. The van der Waals surface area contributed by atoms with E-state index in [1.165, 1.54) is 10.8 Å².